The number of pyridine rings is 1. The van der Waals surface area contributed by atoms with Gasteiger partial charge in [-0.25, -0.2) is 0 Å². The molecule has 0 aromatic carbocycles. The van der Waals surface area contributed by atoms with E-state index in [0.717, 1.165) is 29.7 Å². The molecule has 1 N–H and O–H groups in total. The number of aromatic nitrogens is 1. The van der Waals surface area contributed by atoms with Crippen molar-refractivity contribution in [3.8, 4) is 0 Å². The molecule has 1 aromatic heterocycles. The molecule has 0 saturated heterocycles. The summed E-state index contributed by atoms with van der Waals surface area (Å²) in [5, 5.41) is 34.2. The zero-order valence-corrected chi connectivity index (χ0v) is 37.6. The number of hydrogen-bond donors (Lipinski definition) is 1. The summed E-state index contributed by atoms with van der Waals surface area (Å²) in [7, 11) is 4.10. The predicted octanol–water partition coefficient (Wildman–Crippen LogP) is 9.49. The molecule has 0 aliphatic carbocycles. The van der Waals surface area contributed by atoms with Crippen LogP contribution in [0.15, 0.2) is 36.7 Å². The number of nitrogens with zero attached hydrogens (tertiary/aromatic N) is 7. The summed E-state index contributed by atoms with van der Waals surface area (Å²) in [6.07, 6.45) is 28.6. The van der Waals surface area contributed by atoms with Gasteiger partial charge in [-0.15, -0.1) is 0 Å². The third kappa shape index (κ3) is 38.6. The molecule has 1 aliphatic rings. The van der Waals surface area contributed by atoms with E-state index in [0.29, 0.717) is 13.0 Å². The van der Waals surface area contributed by atoms with Gasteiger partial charge in [0.25, 0.3) is 11.8 Å². The van der Waals surface area contributed by atoms with Gasteiger partial charge in [0, 0.05) is 67.9 Å². The van der Waals surface area contributed by atoms with Crippen molar-refractivity contribution >= 4 is 45.1 Å². The Kier molecular flexibility index (Phi) is 56.7. The van der Waals surface area contributed by atoms with Gasteiger partial charge in [-0.2, -0.15) is 0 Å². The van der Waals surface area contributed by atoms with Crippen molar-refractivity contribution in [3.63, 3.8) is 0 Å². The fourth-order valence-corrected chi connectivity index (χ4v) is 7.90. The molecule has 0 saturated carbocycles. The average Bonchev–Trinajstić information content (AvgIpc) is 3.58. The molecular formula is C42H59N8O4OsS2-3. The van der Waals surface area contributed by atoms with Crippen LogP contribution in [0.5, 0.6) is 0 Å². The van der Waals surface area contributed by atoms with E-state index < -0.39 is 5.92 Å². The van der Waals surface area contributed by atoms with Crippen molar-refractivity contribution in [2.45, 2.75) is 142 Å². The Labute approximate surface area is 364 Å². The molecule has 3 amide bonds. The smallest absolute Gasteiger partial charge is 0.512 e. The summed E-state index contributed by atoms with van der Waals surface area (Å²) in [6, 6.07) is 3.65. The molecule has 0 spiro atoms. The number of amides is 3. The Hall–Kier alpha value is -4.04. The van der Waals surface area contributed by atoms with E-state index in [2.05, 4.69) is 28.0 Å². The Morgan fingerprint density at radius 3 is 1.51 bits per heavy atom. The van der Waals surface area contributed by atoms with Gasteiger partial charge in [0.2, 0.25) is 5.91 Å². The van der Waals surface area contributed by atoms with Crippen LogP contribution in [-0.4, -0.2) is 51.4 Å². The third-order valence-electron chi connectivity index (χ3n) is 8.51. The summed E-state index contributed by atoms with van der Waals surface area (Å²) in [6.45, 7) is 26.5. The minimum absolute atomic E-state index is 0. The molecule has 1 aliphatic heterocycles. The molecule has 1 unspecified atom stereocenters. The predicted molar refractivity (Wildman–Crippen MR) is 218 cm³/mol. The molecule has 2 rings (SSSR count). The molecule has 57 heavy (non-hydrogen) atoms. The summed E-state index contributed by atoms with van der Waals surface area (Å²) in [5.41, 5.74) is 0.917. The van der Waals surface area contributed by atoms with Crippen molar-refractivity contribution in [3.05, 3.63) is 75.1 Å². The van der Waals surface area contributed by atoms with Crippen LogP contribution in [-0.2, 0) is 45.5 Å². The summed E-state index contributed by atoms with van der Waals surface area (Å²) >= 11 is 0. The van der Waals surface area contributed by atoms with Crippen LogP contribution in [0.1, 0.15) is 141 Å². The summed E-state index contributed by atoms with van der Waals surface area (Å²) in [5.74, 6) is 1.06. The van der Waals surface area contributed by atoms with Gasteiger partial charge in [-0.3, -0.25) is 29.1 Å². The Bertz CT molecular complexity index is 1210. The summed E-state index contributed by atoms with van der Waals surface area (Å²) in [4.78, 5) is 54.8. The number of rotatable bonds is 30. The van der Waals surface area contributed by atoms with Gasteiger partial charge in [0.15, 0.2) is 0 Å². The Morgan fingerprint density at radius 1 is 0.667 bits per heavy atom. The number of carbonyl (C=O) groups excluding carboxylic acids is 4. The van der Waals surface area contributed by atoms with Crippen molar-refractivity contribution in [1.29, 1.82) is 26.3 Å². The normalized spacial score (nSPS) is 11.0. The van der Waals surface area contributed by atoms with Crippen LogP contribution in [0.25, 0.3) is 0 Å². The van der Waals surface area contributed by atoms with Crippen LogP contribution in [0.2, 0.25) is 0 Å². The first-order chi connectivity index (χ1) is 27.5. The SMILES string of the molecule is CCCCCCCCCCCSSCCCCCCCCCCC(=O)CC(CCN1C(=O)C=CC1=O)C(=O)NCc1ccncc1.[C-]#N.[C-]#N.[C-]#N.[C-]#N.[C-]#N.[Os+2]. The zero-order valence-electron chi connectivity index (χ0n) is 33.4. The minimum atomic E-state index is -0.581. The molecule has 15 heteroatoms. The number of nitrogens with one attached hydrogen (secondary N) is 1. The quantitative estimate of drug-likeness (QED) is 0.0330. The van der Waals surface area contributed by atoms with E-state index in [1.54, 1.807) is 12.4 Å². The number of hydrogen-bond acceptors (Lipinski definition) is 12. The van der Waals surface area contributed by atoms with Crippen molar-refractivity contribution in [1.82, 2.24) is 15.2 Å². The molecule has 1 atom stereocenters. The molecular weight excluding hydrogens is 935 g/mol. The number of imide groups is 1. The van der Waals surface area contributed by atoms with Crippen LogP contribution in [0.3, 0.4) is 0 Å². The molecule has 1 aromatic rings. The summed E-state index contributed by atoms with van der Waals surface area (Å²) < 4.78 is 0. The van der Waals surface area contributed by atoms with Crippen LogP contribution in [0, 0.1) is 65.1 Å². The maximum absolute atomic E-state index is 13.0. The molecule has 0 bridgehead atoms. The molecule has 0 fully saturated rings. The van der Waals surface area contributed by atoms with E-state index in [9.17, 15) is 19.2 Å². The van der Waals surface area contributed by atoms with Crippen LogP contribution >= 0.6 is 21.6 Å². The zero-order chi connectivity index (χ0) is 43.1. The first-order valence-corrected chi connectivity index (χ1v) is 21.6. The maximum Gasteiger partial charge on any atom is 2.00 e. The van der Waals surface area contributed by atoms with E-state index in [1.165, 1.54) is 114 Å². The molecule has 314 valence electrons. The fourth-order valence-electron chi connectivity index (χ4n) is 5.61. The number of ketones is 1. The Balaban J connectivity index is -0.000000756. The van der Waals surface area contributed by atoms with Crippen molar-refractivity contribution < 1.29 is 39.0 Å². The van der Waals surface area contributed by atoms with Gasteiger partial charge in [0.1, 0.15) is 5.78 Å². The molecule has 12 nitrogen and oxygen atoms in total. The van der Waals surface area contributed by atoms with Gasteiger partial charge in [-0.05, 0) is 43.4 Å². The van der Waals surface area contributed by atoms with Gasteiger partial charge >= 0.3 is 19.8 Å². The van der Waals surface area contributed by atoms with Crippen molar-refractivity contribution in [2.75, 3.05) is 18.1 Å². The first-order valence-electron chi connectivity index (χ1n) is 19.1. The second-order valence-corrected chi connectivity index (χ2v) is 15.2. The average molecular weight is 994 g/mol. The van der Waals surface area contributed by atoms with Crippen LogP contribution in [0.4, 0.5) is 0 Å². The number of unbranched alkanes of at least 4 members (excludes halogenated alkanes) is 15. The van der Waals surface area contributed by atoms with Crippen LogP contribution < -0.4 is 5.32 Å². The second-order valence-electron chi connectivity index (χ2n) is 12.5. The molecule has 0 radical (unpaired) electrons. The van der Waals surface area contributed by atoms with Gasteiger partial charge in [-0.1, -0.05) is 118 Å². The number of carbonyl (C=O) groups is 4. The van der Waals surface area contributed by atoms with E-state index in [-0.39, 0.29) is 62.7 Å². The monoisotopic (exact) mass is 995 g/mol. The largest absolute Gasteiger partial charge is 2.00 e. The van der Waals surface area contributed by atoms with E-state index >= 15 is 0 Å². The molecule has 2 heterocycles. The van der Waals surface area contributed by atoms with Crippen molar-refractivity contribution in [2.24, 2.45) is 5.92 Å². The fraction of sp³-hybridized carbons (Fsp3) is 0.619. The standard InChI is InChI=1S/C37H59N3O4S2.5CN.Os/c1-2-3-4-5-6-8-11-14-17-28-45-46-29-18-15-12-9-7-10-13-16-19-34(41)30-33(24-27-40-35(42)20-21-36(40)43)37(44)39-31-32-22-25-38-26-23-32;5*1-2;/h20-23,25-26,33H,2-19,24,27-31H2,1H3,(H,39,44);;;;;;/q;5*-1;+2. The second kappa shape index (κ2) is 52.0. The maximum atomic E-state index is 13.0. The van der Waals surface area contributed by atoms with E-state index in [4.69, 9.17) is 59.2 Å². The minimum Gasteiger partial charge on any atom is -0.512 e. The van der Waals surface area contributed by atoms with Gasteiger partial charge < -0.3 is 64.5 Å². The number of Topliss-reactive ketones (excluding diaryl/α,β-unsaturated/α-hetero) is 1. The van der Waals surface area contributed by atoms with Gasteiger partial charge in [0.05, 0.1) is 0 Å². The first kappa shape index (κ1) is 62.2. The van der Waals surface area contributed by atoms with E-state index in [1.807, 2.05) is 22.9 Å². The topological polar surface area (TPSA) is 215 Å². The third-order valence-corrected chi connectivity index (χ3v) is 11.1. The Morgan fingerprint density at radius 2 is 1.07 bits per heavy atom.